The van der Waals surface area contributed by atoms with Gasteiger partial charge in [-0.25, -0.2) is 9.97 Å². The molecule has 4 aromatic rings. The topological polar surface area (TPSA) is 98.7 Å². The minimum absolute atomic E-state index is 0.202. The maximum absolute atomic E-state index is 12.7. The first-order chi connectivity index (χ1) is 13.7. The highest BCUT2D eigenvalue weighted by Gasteiger charge is 2.13. The lowest BCUT2D eigenvalue weighted by Crippen LogP contribution is -2.11. The van der Waals surface area contributed by atoms with E-state index in [-0.39, 0.29) is 5.91 Å². The Morgan fingerprint density at radius 3 is 2.82 bits per heavy atom. The summed E-state index contributed by atoms with van der Waals surface area (Å²) in [7, 11) is 0. The van der Waals surface area contributed by atoms with Crippen LogP contribution in [0.15, 0.2) is 48.1 Å². The summed E-state index contributed by atoms with van der Waals surface area (Å²) < 4.78 is 2.13. The van der Waals surface area contributed by atoms with Gasteiger partial charge < -0.3 is 10.3 Å². The lowest BCUT2D eigenvalue weighted by Gasteiger charge is -2.06. The molecule has 0 spiro atoms. The minimum Gasteiger partial charge on any atom is -0.330 e. The van der Waals surface area contributed by atoms with E-state index in [0.717, 1.165) is 41.1 Å². The molecule has 0 aliphatic carbocycles. The maximum atomic E-state index is 12.7. The molecule has 0 fully saturated rings. The molecule has 3 aromatic heterocycles. The number of thiazole rings is 1. The Kier molecular flexibility index (Phi) is 5.14. The summed E-state index contributed by atoms with van der Waals surface area (Å²) in [5, 5.41) is 5.34. The van der Waals surface area contributed by atoms with Gasteiger partial charge in [0.1, 0.15) is 5.82 Å². The molecule has 0 saturated heterocycles. The van der Waals surface area contributed by atoms with Gasteiger partial charge in [0.05, 0.1) is 16.7 Å². The molecule has 4 rings (SSSR count). The highest BCUT2D eigenvalue weighted by Crippen LogP contribution is 2.25. The van der Waals surface area contributed by atoms with Gasteiger partial charge >= 0.3 is 0 Å². The first-order valence-corrected chi connectivity index (χ1v) is 9.88. The van der Waals surface area contributed by atoms with Gasteiger partial charge in [-0.15, -0.1) is 11.3 Å². The summed E-state index contributed by atoms with van der Waals surface area (Å²) >= 11 is 1.39. The van der Waals surface area contributed by atoms with E-state index in [4.69, 9.17) is 5.73 Å². The maximum Gasteiger partial charge on any atom is 0.257 e. The van der Waals surface area contributed by atoms with Crippen molar-refractivity contribution in [3.05, 3.63) is 59.5 Å². The van der Waals surface area contributed by atoms with E-state index in [1.165, 1.54) is 11.3 Å². The normalized spacial score (nSPS) is 11.1. The van der Waals surface area contributed by atoms with E-state index in [9.17, 15) is 4.79 Å². The van der Waals surface area contributed by atoms with Crippen LogP contribution in [0, 0.1) is 6.92 Å². The zero-order chi connectivity index (χ0) is 19.5. The summed E-state index contributed by atoms with van der Waals surface area (Å²) in [5.41, 5.74) is 9.77. The van der Waals surface area contributed by atoms with Gasteiger partial charge in [-0.1, -0.05) is 0 Å². The highest BCUT2D eigenvalue weighted by atomic mass is 32.1. The smallest absolute Gasteiger partial charge is 0.257 e. The number of hydrogen-bond acceptors (Lipinski definition) is 6. The molecule has 3 N–H and O–H groups in total. The van der Waals surface area contributed by atoms with Crippen molar-refractivity contribution in [2.75, 3.05) is 11.9 Å². The van der Waals surface area contributed by atoms with Crippen LogP contribution in [0.2, 0.25) is 0 Å². The number of rotatable bonds is 6. The van der Waals surface area contributed by atoms with Crippen LogP contribution in [-0.2, 0) is 6.54 Å². The Labute approximate surface area is 166 Å². The summed E-state index contributed by atoms with van der Waals surface area (Å²) in [4.78, 5) is 25.7. The minimum atomic E-state index is -0.202. The third kappa shape index (κ3) is 3.64. The van der Waals surface area contributed by atoms with Crippen molar-refractivity contribution in [1.82, 2.24) is 19.5 Å². The molecule has 0 unspecified atom stereocenters. The lowest BCUT2D eigenvalue weighted by molar-refractivity contribution is 0.102. The average Bonchev–Trinajstić information content (AvgIpc) is 3.30. The van der Waals surface area contributed by atoms with Gasteiger partial charge in [0.25, 0.3) is 5.91 Å². The third-order valence-corrected chi connectivity index (χ3v) is 5.25. The van der Waals surface area contributed by atoms with E-state index in [2.05, 4.69) is 24.8 Å². The number of carbonyl (C=O) groups excluding carboxylic acids is 1. The number of aryl methyl sites for hydroxylation is 2. The number of nitrogens with two attached hydrogens (primary N) is 1. The number of nitrogens with zero attached hydrogens (tertiary/aromatic N) is 4. The van der Waals surface area contributed by atoms with Crippen LogP contribution in [-0.4, -0.2) is 32.0 Å². The van der Waals surface area contributed by atoms with Crippen molar-refractivity contribution in [3.8, 4) is 11.3 Å². The highest BCUT2D eigenvalue weighted by molar-refractivity contribution is 7.14. The van der Waals surface area contributed by atoms with Gasteiger partial charge in [-0.2, -0.15) is 0 Å². The van der Waals surface area contributed by atoms with Crippen LogP contribution in [0.5, 0.6) is 0 Å². The lowest BCUT2D eigenvalue weighted by atomic mass is 10.2. The number of benzene rings is 1. The molecule has 7 nitrogen and oxygen atoms in total. The second-order valence-corrected chi connectivity index (χ2v) is 7.24. The third-order valence-electron chi connectivity index (χ3n) is 4.49. The summed E-state index contributed by atoms with van der Waals surface area (Å²) in [6.45, 7) is 3.42. The Hall–Kier alpha value is -3.10. The molecule has 1 amide bonds. The molecule has 0 aliphatic rings. The first kappa shape index (κ1) is 18.3. The number of fused-ring (bicyclic) bond motifs is 1. The Morgan fingerprint density at radius 1 is 1.21 bits per heavy atom. The first-order valence-electron chi connectivity index (χ1n) is 9.00. The predicted molar refractivity (Wildman–Crippen MR) is 111 cm³/mol. The number of hydrogen-bond donors (Lipinski definition) is 2. The van der Waals surface area contributed by atoms with Crippen LogP contribution in [0.25, 0.3) is 22.3 Å². The van der Waals surface area contributed by atoms with Gasteiger partial charge in [0.2, 0.25) is 0 Å². The van der Waals surface area contributed by atoms with Crippen molar-refractivity contribution in [2.45, 2.75) is 19.9 Å². The monoisotopic (exact) mass is 392 g/mol. The Morgan fingerprint density at radius 2 is 2.04 bits per heavy atom. The molecule has 0 saturated carbocycles. The van der Waals surface area contributed by atoms with Crippen molar-refractivity contribution in [2.24, 2.45) is 5.73 Å². The van der Waals surface area contributed by atoms with Crippen LogP contribution >= 0.6 is 11.3 Å². The zero-order valence-corrected chi connectivity index (χ0v) is 16.2. The van der Waals surface area contributed by atoms with E-state index < -0.39 is 0 Å². The van der Waals surface area contributed by atoms with E-state index in [1.807, 2.05) is 42.6 Å². The molecule has 1 aromatic carbocycles. The number of amides is 1. The number of carbonyl (C=O) groups is 1. The molecule has 28 heavy (non-hydrogen) atoms. The summed E-state index contributed by atoms with van der Waals surface area (Å²) in [6, 6.07) is 9.34. The number of anilines is 1. The average molecular weight is 392 g/mol. The van der Waals surface area contributed by atoms with E-state index in [0.29, 0.717) is 17.2 Å². The fourth-order valence-electron chi connectivity index (χ4n) is 3.08. The fourth-order valence-corrected chi connectivity index (χ4v) is 3.79. The van der Waals surface area contributed by atoms with Crippen LogP contribution in [0.3, 0.4) is 0 Å². The molecular weight excluding hydrogens is 372 g/mol. The van der Waals surface area contributed by atoms with Crippen LogP contribution < -0.4 is 11.1 Å². The second kappa shape index (κ2) is 7.87. The largest absolute Gasteiger partial charge is 0.330 e. The molecular formula is C20H20N6OS. The summed E-state index contributed by atoms with van der Waals surface area (Å²) in [5.74, 6) is 0.717. The second-order valence-electron chi connectivity index (χ2n) is 6.38. The van der Waals surface area contributed by atoms with Gasteiger partial charge in [-0.3, -0.25) is 15.1 Å². The van der Waals surface area contributed by atoms with Gasteiger partial charge in [0, 0.05) is 35.4 Å². The summed E-state index contributed by atoms with van der Waals surface area (Å²) in [6.07, 6.45) is 4.33. The molecule has 0 atom stereocenters. The van der Waals surface area contributed by atoms with Crippen molar-refractivity contribution < 1.29 is 4.79 Å². The molecule has 0 aliphatic heterocycles. The SMILES string of the molecule is Cc1nc2cc(C(=O)Nc3nc(-c4ccncc4)cs3)ccc2n1CCCN. The van der Waals surface area contributed by atoms with Crippen molar-refractivity contribution in [3.63, 3.8) is 0 Å². The Bertz CT molecular complexity index is 1120. The van der Waals surface area contributed by atoms with Gasteiger partial charge in [-0.05, 0) is 50.2 Å². The number of nitrogens with one attached hydrogen (secondary N) is 1. The van der Waals surface area contributed by atoms with Crippen molar-refractivity contribution in [1.29, 1.82) is 0 Å². The standard InChI is InChI=1S/C20H20N6OS/c1-13-23-16-11-15(3-4-18(16)26(13)10-2-7-21)19(27)25-20-24-17(12-28-20)14-5-8-22-9-6-14/h3-6,8-9,11-12H,2,7,10,21H2,1H3,(H,24,25,27). The van der Waals surface area contributed by atoms with E-state index >= 15 is 0 Å². The quantitative estimate of drug-likeness (QED) is 0.523. The molecule has 8 heteroatoms. The van der Waals surface area contributed by atoms with Crippen LogP contribution in [0.4, 0.5) is 5.13 Å². The number of aromatic nitrogens is 4. The fraction of sp³-hybridized carbons (Fsp3) is 0.200. The molecule has 142 valence electrons. The molecule has 0 radical (unpaired) electrons. The number of pyridine rings is 1. The predicted octanol–water partition coefficient (Wildman–Crippen LogP) is 3.46. The Balaban J connectivity index is 1.54. The molecule has 0 bridgehead atoms. The van der Waals surface area contributed by atoms with Crippen LogP contribution in [0.1, 0.15) is 22.6 Å². The number of imidazole rings is 1. The van der Waals surface area contributed by atoms with E-state index in [1.54, 1.807) is 12.4 Å². The zero-order valence-electron chi connectivity index (χ0n) is 15.4. The van der Waals surface area contributed by atoms with Crippen molar-refractivity contribution >= 4 is 33.4 Å². The molecule has 3 heterocycles. The van der Waals surface area contributed by atoms with Gasteiger partial charge in [0.15, 0.2) is 5.13 Å².